The molecule has 2 atom stereocenters. The molecule has 0 radical (unpaired) electrons. The molecule has 5 fully saturated rings. The van der Waals surface area contributed by atoms with Gasteiger partial charge < -0.3 is 34.3 Å². The molecule has 2 saturated carbocycles. The van der Waals surface area contributed by atoms with Crippen molar-refractivity contribution in [1.82, 2.24) is 19.6 Å². The van der Waals surface area contributed by atoms with Gasteiger partial charge in [-0.3, -0.25) is 19.8 Å². The van der Waals surface area contributed by atoms with E-state index in [-0.39, 0.29) is 23.9 Å². The Hall–Kier alpha value is -5.75. The SMILES string of the molecule is O=C(NS(=O)(=O)c1ccc(NC[C@H]2COCCO2)c([N+](=O)[O-])c1)c1ccc(N2CCC3(CCC(N4CCCC4c4ccccc4C4CC4)CC3)CC2)cc1N1CCCOc2nc3[nH]ccc3cc21. The molecular weight excluding hydrogens is 885 g/mol. The molecule has 0 bridgehead atoms. The Labute approximate surface area is 396 Å². The highest BCUT2D eigenvalue weighted by atomic mass is 32.2. The van der Waals surface area contributed by atoms with Crippen LogP contribution in [0.2, 0.25) is 0 Å². The third-order valence-corrected chi connectivity index (χ3v) is 16.8. The number of nitrogens with one attached hydrogen (secondary N) is 3. The van der Waals surface area contributed by atoms with E-state index >= 15 is 0 Å². The second-order valence-electron chi connectivity index (χ2n) is 19.6. The topological polar surface area (TPSA) is 185 Å². The van der Waals surface area contributed by atoms with Crippen LogP contribution in [0.15, 0.2) is 83.9 Å². The predicted molar refractivity (Wildman–Crippen MR) is 260 cm³/mol. The Kier molecular flexibility index (Phi) is 12.3. The Morgan fingerprint density at radius 2 is 1.69 bits per heavy atom. The van der Waals surface area contributed by atoms with Gasteiger partial charge in [0.05, 0.1) is 53.6 Å². The number of nitro benzene ring substituents is 1. The van der Waals surface area contributed by atoms with E-state index in [1.807, 2.05) is 35.4 Å². The lowest BCUT2D eigenvalue weighted by Crippen LogP contribution is -2.46. The number of amides is 1. The van der Waals surface area contributed by atoms with Gasteiger partial charge in [-0.15, -0.1) is 0 Å². The summed E-state index contributed by atoms with van der Waals surface area (Å²) in [6, 6.07) is 23.4. The van der Waals surface area contributed by atoms with Crippen LogP contribution in [-0.2, 0) is 19.5 Å². The molecule has 11 rings (SSSR count). The van der Waals surface area contributed by atoms with E-state index in [1.165, 1.54) is 70.0 Å². The number of aromatic amines is 1. The Morgan fingerprint density at radius 3 is 2.47 bits per heavy atom. The van der Waals surface area contributed by atoms with Crippen LogP contribution in [0.25, 0.3) is 11.0 Å². The largest absolute Gasteiger partial charge is 0.476 e. The monoisotopic (exact) mass is 944 g/mol. The van der Waals surface area contributed by atoms with Gasteiger partial charge in [0.2, 0.25) is 5.88 Å². The predicted octanol–water partition coefficient (Wildman–Crippen LogP) is 8.58. The number of carbonyl (C=O) groups is 1. The molecule has 6 heterocycles. The molecule has 68 heavy (non-hydrogen) atoms. The van der Waals surface area contributed by atoms with Gasteiger partial charge in [0, 0.05) is 61.6 Å². The van der Waals surface area contributed by atoms with Crippen molar-refractivity contribution in [2.24, 2.45) is 5.41 Å². The molecule has 6 aliphatic rings. The molecule has 16 nitrogen and oxygen atoms in total. The van der Waals surface area contributed by atoms with Crippen molar-refractivity contribution in [2.45, 2.75) is 99.6 Å². The van der Waals surface area contributed by atoms with Gasteiger partial charge in [0.1, 0.15) is 17.0 Å². The van der Waals surface area contributed by atoms with Crippen molar-refractivity contribution in [3.8, 4) is 5.88 Å². The Morgan fingerprint density at radius 1 is 0.868 bits per heavy atom. The normalized spacial score (nSPS) is 22.4. The summed E-state index contributed by atoms with van der Waals surface area (Å²) in [5.74, 6) is 0.303. The zero-order valence-corrected chi connectivity index (χ0v) is 39.2. The van der Waals surface area contributed by atoms with Crippen molar-refractivity contribution >= 4 is 55.4 Å². The third-order valence-electron chi connectivity index (χ3n) is 15.5. The molecule has 358 valence electrons. The number of rotatable bonds is 12. The van der Waals surface area contributed by atoms with Gasteiger partial charge in [-0.05, 0) is 142 Å². The number of fused-ring (bicyclic) bond motifs is 2. The van der Waals surface area contributed by atoms with Crippen LogP contribution in [0, 0.1) is 15.5 Å². The van der Waals surface area contributed by atoms with Crippen LogP contribution in [0.4, 0.5) is 28.4 Å². The van der Waals surface area contributed by atoms with E-state index in [9.17, 15) is 23.3 Å². The molecule has 2 aliphatic carbocycles. The molecule has 1 amide bonds. The standard InChI is InChI=1S/C51H60N8O8S/c60-49(55-68(63,64)39-11-13-43(46(31-39)59(61)62)53-32-38-33-65-27-28-66-38)42-12-10-37(30-45(42)58-23-4-26-67-50-47(58)29-35-16-21-52-48(35)54-50)56-24-19-51(20-25-56)17-14-36(15-18-51)57-22-3-7-44(57)41-6-2-1-5-40(41)34-8-9-34/h1-2,5-6,10-13,16,21,29-31,34,36,38,44,53H,3-4,7-9,14-15,17-20,22-28,32-33H2,(H,52,54)(H,55,60)/t38-,44?/m0/s1. The Bertz CT molecular complexity index is 2790. The summed E-state index contributed by atoms with van der Waals surface area (Å²) in [5, 5.41) is 16.1. The van der Waals surface area contributed by atoms with Gasteiger partial charge in [-0.2, -0.15) is 4.98 Å². The minimum atomic E-state index is -4.58. The lowest BCUT2D eigenvalue weighted by Gasteiger charge is -2.48. The molecule has 2 aromatic heterocycles. The van der Waals surface area contributed by atoms with E-state index in [0.29, 0.717) is 79.8 Å². The van der Waals surface area contributed by atoms with Crippen molar-refractivity contribution in [2.75, 3.05) is 74.3 Å². The fraction of sp³-hybridized carbons (Fsp3) is 0.490. The molecule has 4 aliphatic heterocycles. The Balaban J connectivity index is 0.828. The van der Waals surface area contributed by atoms with Crippen LogP contribution < -0.4 is 24.6 Å². The van der Waals surface area contributed by atoms with Gasteiger partial charge in [-0.25, -0.2) is 13.1 Å². The minimum Gasteiger partial charge on any atom is -0.476 e. The molecule has 1 spiro atoms. The molecule has 5 aromatic rings. The fourth-order valence-corrected chi connectivity index (χ4v) is 12.7. The first-order valence-corrected chi connectivity index (χ1v) is 26.0. The molecular formula is C51H60N8O8S. The molecule has 3 saturated heterocycles. The number of ether oxygens (including phenoxy) is 3. The van der Waals surface area contributed by atoms with E-state index in [2.05, 4.69) is 49.1 Å². The highest BCUT2D eigenvalue weighted by Gasteiger charge is 2.43. The summed E-state index contributed by atoms with van der Waals surface area (Å²) in [5.41, 5.74) is 6.09. The summed E-state index contributed by atoms with van der Waals surface area (Å²) < 4.78 is 47.4. The zero-order chi connectivity index (χ0) is 46.4. The average Bonchev–Trinajstić information content (AvgIpc) is 3.98. The van der Waals surface area contributed by atoms with Gasteiger partial charge in [0.15, 0.2) is 0 Å². The second kappa shape index (κ2) is 18.6. The number of aromatic nitrogens is 2. The summed E-state index contributed by atoms with van der Waals surface area (Å²) >= 11 is 0. The van der Waals surface area contributed by atoms with Crippen LogP contribution >= 0.6 is 0 Å². The van der Waals surface area contributed by atoms with Crippen molar-refractivity contribution < 1.29 is 32.3 Å². The summed E-state index contributed by atoms with van der Waals surface area (Å²) in [6.45, 7) is 5.29. The van der Waals surface area contributed by atoms with Gasteiger partial charge in [0.25, 0.3) is 21.6 Å². The van der Waals surface area contributed by atoms with Crippen molar-refractivity contribution in [3.05, 3.63) is 106 Å². The number of nitro groups is 1. The number of piperidine rings is 1. The lowest BCUT2D eigenvalue weighted by atomic mass is 9.66. The van der Waals surface area contributed by atoms with Crippen LogP contribution in [0.3, 0.4) is 0 Å². The van der Waals surface area contributed by atoms with Crippen LogP contribution in [0.5, 0.6) is 5.88 Å². The maximum atomic E-state index is 14.4. The molecule has 1 unspecified atom stereocenters. The number of benzene rings is 3. The van der Waals surface area contributed by atoms with Crippen molar-refractivity contribution in [1.29, 1.82) is 0 Å². The zero-order valence-electron chi connectivity index (χ0n) is 38.4. The number of pyridine rings is 1. The van der Waals surface area contributed by atoms with E-state index in [0.717, 1.165) is 49.0 Å². The number of anilines is 4. The summed E-state index contributed by atoms with van der Waals surface area (Å²) in [6.07, 6.45) is 14.4. The van der Waals surface area contributed by atoms with E-state index in [1.54, 1.807) is 17.2 Å². The minimum absolute atomic E-state index is 0.122. The number of sulfonamides is 1. The average molecular weight is 945 g/mol. The quantitative estimate of drug-likeness (QED) is 0.0799. The molecule has 17 heteroatoms. The maximum absolute atomic E-state index is 14.4. The lowest BCUT2D eigenvalue weighted by molar-refractivity contribution is -0.384. The van der Waals surface area contributed by atoms with Crippen LogP contribution in [0.1, 0.15) is 104 Å². The van der Waals surface area contributed by atoms with Gasteiger partial charge in [-0.1, -0.05) is 24.3 Å². The van der Waals surface area contributed by atoms with E-state index < -0.39 is 31.4 Å². The summed E-state index contributed by atoms with van der Waals surface area (Å²) in [7, 11) is -4.58. The number of carbonyl (C=O) groups excluding carboxylic acids is 1. The first-order chi connectivity index (χ1) is 33.1. The number of H-pyrrole nitrogens is 1. The number of hydrogen-bond acceptors (Lipinski definition) is 13. The fourth-order valence-electron chi connectivity index (χ4n) is 11.7. The van der Waals surface area contributed by atoms with E-state index in [4.69, 9.17) is 19.2 Å². The number of hydrogen-bond donors (Lipinski definition) is 3. The highest BCUT2D eigenvalue weighted by molar-refractivity contribution is 7.90. The highest BCUT2D eigenvalue weighted by Crippen LogP contribution is 2.51. The molecule has 3 aromatic carbocycles. The summed E-state index contributed by atoms with van der Waals surface area (Å²) in [4.78, 5) is 40.8. The van der Waals surface area contributed by atoms with Crippen LogP contribution in [-0.4, -0.2) is 105 Å². The first-order valence-electron chi connectivity index (χ1n) is 24.5. The van der Waals surface area contributed by atoms with Crippen molar-refractivity contribution in [3.63, 3.8) is 0 Å². The number of likely N-dealkylation sites (tertiary alicyclic amines) is 1. The second-order valence-corrected chi connectivity index (χ2v) is 21.3. The number of nitrogens with zero attached hydrogens (tertiary/aromatic N) is 5. The van der Waals surface area contributed by atoms with Gasteiger partial charge >= 0.3 is 0 Å². The maximum Gasteiger partial charge on any atom is 0.293 e. The third kappa shape index (κ3) is 9.01. The smallest absolute Gasteiger partial charge is 0.293 e. The molecule has 3 N–H and O–H groups in total. The first kappa shape index (κ1) is 44.7.